The zero-order chi connectivity index (χ0) is 42.7. The molecule has 0 amide bonds. The van der Waals surface area contributed by atoms with E-state index in [1.54, 1.807) is 0 Å². The third kappa shape index (κ3) is 8.77. The van der Waals surface area contributed by atoms with Gasteiger partial charge in [0.15, 0.2) is 0 Å². The molecule has 0 fully saturated rings. The molecule has 0 aliphatic rings. The first-order valence-corrected chi connectivity index (χ1v) is 21.7. The number of hydrogen-bond acceptors (Lipinski definition) is 2. The predicted molar refractivity (Wildman–Crippen MR) is 267 cm³/mol. The van der Waals surface area contributed by atoms with Gasteiger partial charge in [-0.1, -0.05) is 164 Å². The molecular weight excluding hydrogens is 965 g/mol. The van der Waals surface area contributed by atoms with Crippen molar-refractivity contribution < 1.29 is 20.1 Å². The van der Waals surface area contributed by atoms with Gasteiger partial charge in [0.25, 0.3) is 0 Å². The Morgan fingerprint density at radius 3 is 1.25 bits per heavy atom. The number of nitrogens with zero attached hydrogens (tertiary/aromatic N) is 2. The first kappa shape index (κ1) is 41.2. The van der Waals surface area contributed by atoms with E-state index in [0.29, 0.717) is 0 Å². The van der Waals surface area contributed by atoms with Crippen LogP contribution < -0.4 is 0 Å². The van der Waals surface area contributed by atoms with Gasteiger partial charge in [0.05, 0.1) is 11.4 Å². The van der Waals surface area contributed by atoms with Crippen molar-refractivity contribution in [2.24, 2.45) is 0 Å². The zero-order valence-corrected chi connectivity index (χ0v) is 37.8. The van der Waals surface area contributed by atoms with Crippen LogP contribution in [-0.4, -0.2) is 9.97 Å². The number of aromatic nitrogens is 2. The van der Waals surface area contributed by atoms with Crippen LogP contribution in [0, 0.1) is 6.07 Å². The molecule has 2 aromatic heterocycles. The third-order valence-electron chi connectivity index (χ3n) is 12.0. The molecule has 3 heteroatoms. The van der Waals surface area contributed by atoms with Crippen molar-refractivity contribution in [1.82, 2.24) is 9.97 Å². The van der Waals surface area contributed by atoms with Crippen LogP contribution in [0.1, 0.15) is 0 Å². The van der Waals surface area contributed by atoms with Gasteiger partial charge in [0.2, 0.25) is 0 Å². The summed E-state index contributed by atoms with van der Waals surface area (Å²) >= 11 is 0. The van der Waals surface area contributed by atoms with Gasteiger partial charge in [-0.05, 0) is 138 Å². The summed E-state index contributed by atoms with van der Waals surface area (Å²) in [4.78, 5) is 10.4. The van der Waals surface area contributed by atoms with Crippen LogP contribution in [0.3, 0.4) is 0 Å². The Labute approximate surface area is 394 Å². The van der Waals surface area contributed by atoms with Gasteiger partial charge >= 0.3 is 0 Å². The standard InChI is InChI=1S/C62H41N2.Ir/c1-5-17-43(18-6-1)52-35-53(44-19-7-2-8-20-44)38-56(37-52)48-26-15-28-50(33-48)60-41-57(49-27-16-29-51(34-49)62-59-30-14-13-25-47(59)31-32-63-62)42-61(64-60)58-39-54(45-21-9-3-10-22-45)36-55(40-58)46-23-11-4-12-24-46;/h1-28,30-42H;/q-1;. The van der Waals surface area contributed by atoms with E-state index in [0.717, 1.165) is 89.1 Å². The number of pyridine rings is 2. The largest absolute Gasteiger partial charge is 0.304 e. The first-order chi connectivity index (χ1) is 31.7. The van der Waals surface area contributed by atoms with Crippen molar-refractivity contribution in [3.8, 4) is 101 Å². The Hall–Kier alpha value is -7.81. The van der Waals surface area contributed by atoms with Crippen LogP contribution in [0.4, 0.5) is 0 Å². The maximum atomic E-state index is 5.54. The zero-order valence-electron chi connectivity index (χ0n) is 35.4. The molecule has 0 aliphatic carbocycles. The van der Waals surface area contributed by atoms with Crippen LogP contribution in [0.2, 0.25) is 0 Å². The van der Waals surface area contributed by atoms with Crippen LogP contribution in [0.25, 0.3) is 111 Å². The maximum Gasteiger partial charge on any atom is 0.0715 e. The molecule has 0 aliphatic heterocycles. The van der Waals surface area contributed by atoms with Crippen molar-refractivity contribution >= 4 is 10.8 Å². The first-order valence-electron chi connectivity index (χ1n) is 21.7. The SMILES string of the molecule is [Ir].[c-]1ccc(-c2cc(-c3cccc(-c4cc(-c5ccccc5)cc(-c5ccccc5)c4)c3)nc(-c3cc(-c4ccccc4)cc(-c4ccccc4)c3)c2)cc1-c1nccc2ccccc12. The second-order valence-corrected chi connectivity index (χ2v) is 16.1. The van der Waals surface area contributed by atoms with Gasteiger partial charge in [-0.15, -0.1) is 35.4 Å². The fraction of sp³-hybridized carbons (Fsp3) is 0. The van der Waals surface area contributed by atoms with Gasteiger partial charge in [-0.3, -0.25) is 0 Å². The molecule has 309 valence electrons. The molecule has 2 nitrogen and oxygen atoms in total. The summed E-state index contributed by atoms with van der Waals surface area (Å²) in [7, 11) is 0. The van der Waals surface area contributed by atoms with Gasteiger partial charge in [0.1, 0.15) is 0 Å². The Morgan fingerprint density at radius 2 is 0.692 bits per heavy atom. The van der Waals surface area contributed by atoms with Crippen molar-refractivity contribution in [3.63, 3.8) is 0 Å². The maximum absolute atomic E-state index is 5.54. The average Bonchev–Trinajstić information content (AvgIpc) is 3.39. The van der Waals surface area contributed by atoms with E-state index in [1.807, 2.05) is 12.3 Å². The molecule has 2 heterocycles. The molecule has 11 aromatic rings. The van der Waals surface area contributed by atoms with Crippen LogP contribution in [0.5, 0.6) is 0 Å². The Balaban J connectivity index is 0.00000498. The van der Waals surface area contributed by atoms with E-state index in [1.165, 1.54) is 22.3 Å². The van der Waals surface area contributed by atoms with E-state index in [4.69, 9.17) is 9.97 Å². The summed E-state index contributed by atoms with van der Waals surface area (Å²) in [5.74, 6) is 0. The molecule has 0 bridgehead atoms. The van der Waals surface area contributed by atoms with Crippen molar-refractivity contribution in [2.45, 2.75) is 0 Å². The van der Waals surface area contributed by atoms with Crippen LogP contribution in [0.15, 0.2) is 249 Å². The quantitative estimate of drug-likeness (QED) is 0.135. The molecule has 0 saturated carbocycles. The Morgan fingerprint density at radius 1 is 0.292 bits per heavy atom. The number of rotatable bonds is 9. The molecule has 9 aromatic carbocycles. The second-order valence-electron chi connectivity index (χ2n) is 16.1. The molecule has 0 unspecified atom stereocenters. The summed E-state index contributed by atoms with van der Waals surface area (Å²) in [5, 5.41) is 2.25. The number of hydrogen-bond donors (Lipinski definition) is 0. The van der Waals surface area contributed by atoms with Gasteiger partial charge in [-0.2, -0.15) is 0 Å². The normalized spacial score (nSPS) is 11.0. The number of fused-ring (bicyclic) bond motifs is 1. The molecule has 1 radical (unpaired) electrons. The van der Waals surface area contributed by atoms with Gasteiger partial charge in [0, 0.05) is 37.4 Å². The predicted octanol–water partition coefficient (Wildman–Crippen LogP) is 16.4. The van der Waals surface area contributed by atoms with Crippen LogP contribution in [-0.2, 0) is 20.1 Å². The summed E-state index contributed by atoms with van der Waals surface area (Å²) in [6.07, 6.45) is 1.89. The minimum absolute atomic E-state index is 0. The fourth-order valence-electron chi connectivity index (χ4n) is 8.73. The molecular formula is C62H41IrN2-. The summed E-state index contributed by atoms with van der Waals surface area (Å²) < 4.78 is 0. The summed E-state index contributed by atoms with van der Waals surface area (Å²) in [6, 6.07) is 89.9. The Kier molecular flexibility index (Phi) is 11.7. The smallest absolute Gasteiger partial charge is 0.0715 e. The molecule has 0 saturated heterocycles. The minimum Gasteiger partial charge on any atom is -0.304 e. The van der Waals surface area contributed by atoms with E-state index in [9.17, 15) is 0 Å². The Bertz CT molecular complexity index is 3300. The van der Waals surface area contributed by atoms with E-state index < -0.39 is 0 Å². The van der Waals surface area contributed by atoms with Gasteiger partial charge < -0.3 is 4.98 Å². The van der Waals surface area contributed by atoms with Crippen molar-refractivity contribution in [3.05, 3.63) is 255 Å². The van der Waals surface area contributed by atoms with E-state index in [2.05, 4.69) is 243 Å². The molecule has 11 rings (SSSR count). The topological polar surface area (TPSA) is 25.8 Å². The van der Waals surface area contributed by atoms with Crippen molar-refractivity contribution in [1.29, 1.82) is 0 Å². The summed E-state index contributed by atoms with van der Waals surface area (Å²) in [6.45, 7) is 0. The number of benzene rings is 9. The monoisotopic (exact) mass is 1010 g/mol. The minimum atomic E-state index is 0. The summed E-state index contributed by atoms with van der Waals surface area (Å²) in [5.41, 5.74) is 19.4. The van der Waals surface area contributed by atoms with Gasteiger partial charge in [-0.25, -0.2) is 4.98 Å². The average molecular weight is 1010 g/mol. The molecule has 0 spiro atoms. The molecule has 0 atom stereocenters. The van der Waals surface area contributed by atoms with Crippen LogP contribution >= 0.6 is 0 Å². The fourth-order valence-corrected chi connectivity index (χ4v) is 8.73. The third-order valence-corrected chi connectivity index (χ3v) is 12.0. The second kappa shape index (κ2) is 18.5. The van der Waals surface area contributed by atoms with E-state index >= 15 is 0 Å². The van der Waals surface area contributed by atoms with Crippen molar-refractivity contribution in [2.75, 3.05) is 0 Å². The molecule has 65 heavy (non-hydrogen) atoms. The van der Waals surface area contributed by atoms with E-state index in [-0.39, 0.29) is 20.1 Å². The molecule has 0 N–H and O–H groups in total.